The van der Waals surface area contributed by atoms with Crippen LogP contribution < -0.4 is 10.6 Å². The first kappa shape index (κ1) is 11.0. The summed E-state index contributed by atoms with van der Waals surface area (Å²) in [6.07, 6.45) is 0. The van der Waals surface area contributed by atoms with Gasteiger partial charge in [-0.2, -0.15) is 0 Å². The van der Waals surface area contributed by atoms with E-state index < -0.39 is 0 Å². The molecule has 0 aromatic heterocycles. The summed E-state index contributed by atoms with van der Waals surface area (Å²) in [5.41, 5.74) is 0.372. The second kappa shape index (κ2) is 3.97. The van der Waals surface area contributed by atoms with Gasteiger partial charge >= 0.3 is 0 Å². The first-order valence-corrected chi connectivity index (χ1v) is 5.37. The van der Waals surface area contributed by atoms with Gasteiger partial charge in [-0.1, -0.05) is 34.6 Å². The molecule has 0 bridgehead atoms. The third-order valence-corrected chi connectivity index (χ3v) is 3.04. The summed E-state index contributed by atoms with van der Waals surface area (Å²) in [5.74, 6) is 1.51. The van der Waals surface area contributed by atoms with Crippen molar-refractivity contribution in [3.63, 3.8) is 0 Å². The van der Waals surface area contributed by atoms with Crippen LogP contribution in [0.4, 0.5) is 0 Å². The topological polar surface area (TPSA) is 24.1 Å². The van der Waals surface area contributed by atoms with E-state index in [1.165, 1.54) is 0 Å². The fourth-order valence-corrected chi connectivity index (χ4v) is 2.26. The van der Waals surface area contributed by atoms with Gasteiger partial charge in [-0.25, -0.2) is 0 Å². The summed E-state index contributed by atoms with van der Waals surface area (Å²) in [6, 6.07) is 0.647. The van der Waals surface area contributed by atoms with Gasteiger partial charge in [0.1, 0.15) is 0 Å². The molecule has 13 heavy (non-hydrogen) atoms. The summed E-state index contributed by atoms with van der Waals surface area (Å²) in [5, 5.41) is 6.99. The van der Waals surface area contributed by atoms with E-state index in [4.69, 9.17) is 0 Å². The Morgan fingerprint density at radius 2 is 1.85 bits per heavy atom. The minimum atomic E-state index is 0.372. The Balaban J connectivity index is 2.67. The molecule has 1 saturated heterocycles. The average molecular weight is 184 g/mol. The molecule has 78 valence electrons. The van der Waals surface area contributed by atoms with Crippen LogP contribution in [0, 0.1) is 17.3 Å². The van der Waals surface area contributed by atoms with Gasteiger partial charge < -0.3 is 10.6 Å². The predicted molar refractivity (Wildman–Crippen MR) is 57.6 cm³/mol. The van der Waals surface area contributed by atoms with Crippen molar-refractivity contribution in [3.05, 3.63) is 0 Å². The lowest BCUT2D eigenvalue weighted by molar-refractivity contribution is 0.123. The van der Waals surface area contributed by atoms with E-state index in [-0.39, 0.29) is 0 Å². The lowest BCUT2D eigenvalue weighted by atomic mass is 9.74. The van der Waals surface area contributed by atoms with Gasteiger partial charge in [-0.15, -0.1) is 0 Å². The largest absolute Gasteiger partial charge is 0.304 e. The molecule has 1 aliphatic heterocycles. The van der Waals surface area contributed by atoms with Crippen molar-refractivity contribution in [3.8, 4) is 0 Å². The van der Waals surface area contributed by atoms with Crippen LogP contribution in [0.5, 0.6) is 0 Å². The van der Waals surface area contributed by atoms with E-state index in [1.54, 1.807) is 0 Å². The van der Waals surface area contributed by atoms with Gasteiger partial charge in [0.25, 0.3) is 0 Å². The highest BCUT2D eigenvalue weighted by molar-refractivity contribution is 4.91. The van der Waals surface area contributed by atoms with Gasteiger partial charge in [0, 0.05) is 19.3 Å². The molecule has 0 aromatic carbocycles. The standard InChI is InChI=1S/C11H24N2/c1-8(2)9-6-12-7-13-10(9)11(3,4)5/h8-10,12-13H,6-7H2,1-5H3. The summed E-state index contributed by atoms with van der Waals surface area (Å²) in [4.78, 5) is 0. The maximum atomic E-state index is 3.58. The van der Waals surface area contributed by atoms with Crippen molar-refractivity contribution >= 4 is 0 Å². The van der Waals surface area contributed by atoms with Crippen LogP contribution >= 0.6 is 0 Å². The van der Waals surface area contributed by atoms with E-state index in [0.29, 0.717) is 11.5 Å². The van der Waals surface area contributed by atoms with Gasteiger partial charge in [-0.05, 0) is 17.3 Å². The maximum absolute atomic E-state index is 3.58. The Hall–Kier alpha value is -0.0800. The van der Waals surface area contributed by atoms with Crippen LogP contribution in [0.2, 0.25) is 0 Å². The zero-order valence-electron chi connectivity index (χ0n) is 9.65. The molecule has 1 fully saturated rings. The Morgan fingerprint density at radius 3 is 2.23 bits per heavy atom. The molecule has 0 amide bonds. The normalized spacial score (nSPS) is 30.9. The quantitative estimate of drug-likeness (QED) is 0.649. The van der Waals surface area contributed by atoms with Crippen LogP contribution in [0.1, 0.15) is 34.6 Å². The summed E-state index contributed by atoms with van der Waals surface area (Å²) in [6.45, 7) is 13.7. The molecule has 1 rings (SSSR count). The fraction of sp³-hybridized carbons (Fsp3) is 1.00. The highest BCUT2D eigenvalue weighted by Gasteiger charge is 2.35. The molecular formula is C11H24N2. The van der Waals surface area contributed by atoms with E-state index in [1.807, 2.05) is 0 Å². The Morgan fingerprint density at radius 1 is 1.23 bits per heavy atom. The Bertz CT molecular complexity index is 158. The van der Waals surface area contributed by atoms with Crippen LogP contribution in [-0.2, 0) is 0 Å². The molecule has 2 atom stereocenters. The van der Waals surface area contributed by atoms with E-state index in [9.17, 15) is 0 Å². The zero-order valence-corrected chi connectivity index (χ0v) is 9.65. The van der Waals surface area contributed by atoms with Gasteiger partial charge in [0.05, 0.1) is 0 Å². The predicted octanol–water partition coefficient (Wildman–Crippen LogP) is 1.82. The minimum Gasteiger partial charge on any atom is -0.304 e. The van der Waals surface area contributed by atoms with Crippen molar-refractivity contribution < 1.29 is 0 Å². The molecule has 2 heteroatoms. The van der Waals surface area contributed by atoms with Crippen molar-refractivity contribution in [2.45, 2.75) is 40.7 Å². The highest BCUT2D eigenvalue weighted by atomic mass is 15.1. The smallest absolute Gasteiger partial charge is 0.0456 e. The van der Waals surface area contributed by atoms with Gasteiger partial charge in [0.2, 0.25) is 0 Å². The zero-order chi connectivity index (χ0) is 10.1. The molecule has 0 radical (unpaired) electrons. The molecule has 0 aromatic rings. The minimum absolute atomic E-state index is 0.372. The van der Waals surface area contributed by atoms with E-state index >= 15 is 0 Å². The molecule has 0 aliphatic carbocycles. The Labute approximate surface area is 82.5 Å². The maximum Gasteiger partial charge on any atom is 0.0456 e. The highest BCUT2D eigenvalue weighted by Crippen LogP contribution is 2.30. The van der Waals surface area contributed by atoms with E-state index in [2.05, 4.69) is 45.3 Å². The second-order valence-corrected chi connectivity index (χ2v) is 5.59. The molecule has 2 unspecified atom stereocenters. The third kappa shape index (κ3) is 2.68. The first-order valence-electron chi connectivity index (χ1n) is 5.37. The summed E-state index contributed by atoms with van der Waals surface area (Å²) in [7, 11) is 0. The van der Waals surface area contributed by atoms with E-state index in [0.717, 1.165) is 25.0 Å². The van der Waals surface area contributed by atoms with Crippen LogP contribution in [0.25, 0.3) is 0 Å². The average Bonchev–Trinajstić information content (AvgIpc) is 2.03. The number of rotatable bonds is 1. The lowest BCUT2D eigenvalue weighted by Gasteiger charge is -2.43. The second-order valence-electron chi connectivity index (χ2n) is 5.59. The number of nitrogens with one attached hydrogen (secondary N) is 2. The van der Waals surface area contributed by atoms with Crippen molar-refractivity contribution in [1.29, 1.82) is 0 Å². The lowest BCUT2D eigenvalue weighted by Crippen LogP contribution is -2.58. The SMILES string of the molecule is CC(C)C1CNCNC1C(C)(C)C. The molecule has 1 heterocycles. The van der Waals surface area contributed by atoms with Crippen molar-refractivity contribution in [2.24, 2.45) is 17.3 Å². The van der Waals surface area contributed by atoms with Crippen molar-refractivity contribution in [2.75, 3.05) is 13.2 Å². The molecule has 0 saturated carbocycles. The molecule has 1 aliphatic rings. The van der Waals surface area contributed by atoms with Crippen LogP contribution in [-0.4, -0.2) is 19.3 Å². The first-order chi connectivity index (χ1) is 5.93. The fourth-order valence-electron chi connectivity index (χ4n) is 2.26. The molecule has 2 nitrogen and oxygen atoms in total. The van der Waals surface area contributed by atoms with Gasteiger partial charge in [-0.3, -0.25) is 0 Å². The molecule has 0 spiro atoms. The summed E-state index contributed by atoms with van der Waals surface area (Å²) < 4.78 is 0. The monoisotopic (exact) mass is 184 g/mol. The number of hydrogen-bond donors (Lipinski definition) is 2. The van der Waals surface area contributed by atoms with Crippen LogP contribution in [0.3, 0.4) is 0 Å². The summed E-state index contributed by atoms with van der Waals surface area (Å²) >= 11 is 0. The number of hydrogen-bond acceptors (Lipinski definition) is 2. The molecule has 2 N–H and O–H groups in total. The third-order valence-electron chi connectivity index (χ3n) is 3.04. The van der Waals surface area contributed by atoms with Crippen LogP contribution in [0.15, 0.2) is 0 Å². The van der Waals surface area contributed by atoms with Gasteiger partial charge in [0.15, 0.2) is 0 Å². The van der Waals surface area contributed by atoms with Crippen molar-refractivity contribution in [1.82, 2.24) is 10.6 Å². The Kier molecular flexibility index (Phi) is 3.36. The molecular weight excluding hydrogens is 160 g/mol.